The van der Waals surface area contributed by atoms with Crippen LogP contribution in [0.3, 0.4) is 0 Å². The summed E-state index contributed by atoms with van der Waals surface area (Å²) in [5, 5.41) is 8.77. The zero-order chi connectivity index (χ0) is 13.0. The number of hydrogen-bond acceptors (Lipinski definition) is 5. The summed E-state index contributed by atoms with van der Waals surface area (Å²) in [6, 6.07) is 0.277. The number of hydrogen-bond donors (Lipinski definition) is 1. The maximum atomic E-state index is 4.33. The first kappa shape index (κ1) is 13.2. The Morgan fingerprint density at radius 3 is 2.83 bits per heavy atom. The van der Waals surface area contributed by atoms with E-state index in [0.717, 1.165) is 30.2 Å². The van der Waals surface area contributed by atoms with Gasteiger partial charge < -0.3 is 5.32 Å². The second-order valence-corrected chi connectivity index (χ2v) is 5.56. The van der Waals surface area contributed by atoms with Crippen LogP contribution in [0, 0.1) is 6.92 Å². The maximum Gasteiger partial charge on any atom is 0.138 e. The van der Waals surface area contributed by atoms with Crippen molar-refractivity contribution in [3.05, 3.63) is 28.2 Å². The molecule has 0 aliphatic heterocycles. The van der Waals surface area contributed by atoms with Crippen LogP contribution in [0.25, 0.3) is 0 Å². The number of nitrogens with one attached hydrogen (secondary N) is 1. The normalized spacial score (nSPS) is 12.8. The molecule has 2 aromatic heterocycles. The number of nitrogens with zero attached hydrogens (tertiary/aromatic N) is 4. The van der Waals surface area contributed by atoms with Gasteiger partial charge in [-0.25, -0.2) is 9.97 Å². The van der Waals surface area contributed by atoms with E-state index in [-0.39, 0.29) is 6.04 Å². The molecule has 0 amide bonds. The third kappa shape index (κ3) is 3.14. The Morgan fingerprint density at radius 1 is 1.44 bits per heavy atom. The molecule has 1 unspecified atom stereocenters. The Kier molecular flexibility index (Phi) is 4.43. The highest BCUT2D eigenvalue weighted by Crippen LogP contribution is 2.23. The van der Waals surface area contributed by atoms with Crippen LogP contribution in [0.4, 0.5) is 0 Å². The van der Waals surface area contributed by atoms with Crippen molar-refractivity contribution in [1.29, 1.82) is 0 Å². The molecule has 98 valence electrons. The second kappa shape index (κ2) is 6.06. The number of thiazole rings is 1. The van der Waals surface area contributed by atoms with Crippen molar-refractivity contribution in [2.45, 2.75) is 32.7 Å². The monoisotopic (exact) mass is 265 g/mol. The van der Waals surface area contributed by atoms with E-state index in [1.807, 2.05) is 24.9 Å². The van der Waals surface area contributed by atoms with Gasteiger partial charge in [-0.05, 0) is 19.9 Å². The molecule has 0 aliphatic rings. The topological polar surface area (TPSA) is 55.6 Å². The first-order valence-corrected chi connectivity index (χ1v) is 7.01. The highest BCUT2D eigenvalue weighted by atomic mass is 32.1. The van der Waals surface area contributed by atoms with Gasteiger partial charge in [0.15, 0.2) is 0 Å². The Labute approximate surface area is 111 Å². The zero-order valence-electron chi connectivity index (χ0n) is 11.1. The SMILES string of the molecule is CCCNC(Cc1ncnn1C)c1cnc(C)s1. The molecule has 1 atom stereocenters. The Hall–Kier alpha value is -1.27. The average Bonchev–Trinajstić information content (AvgIpc) is 2.94. The molecule has 2 heterocycles. The fraction of sp³-hybridized carbons (Fsp3) is 0.583. The Morgan fingerprint density at radius 2 is 2.28 bits per heavy atom. The van der Waals surface area contributed by atoms with E-state index in [9.17, 15) is 0 Å². The van der Waals surface area contributed by atoms with Crippen molar-refractivity contribution in [3.8, 4) is 0 Å². The van der Waals surface area contributed by atoms with E-state index in [1.165, 1.54) is 4.88 Å². The molecule has 18 heavy (non-hydrogen) atoms. The van der Waals surface area contributed by atoms with Gasteiger partial charge >= 0.3 is 0 Å². The van der Waals surface area contributed by atoms with Gasteiger partial charge in [-0.15, -0.1) is 11.3 Å². The van der Waals surface area contributed by atoms with E-state index < -0.39 is 0 Å². The molecule has 0 spiro atoms. The van der Waals surface area contributed by atoms with Crippen molar-refractivity contribution in [2.24, 2.45) is 7.05 Å². The minimum Gasteiger partial charge on any atom is -0.309 e. The predicted octanol–water partition coefficient (Wildman–Crippen LogP) is 1.86. The smallest absolute Gasteiger partial charge is 0.138 e. The Balaban J connectivity index is 2.12. The van der Waals surface area contributed by atoms with E-state index in [2.05, 4.69) is 27.3 Å². The van der Waals surface area contributed by atoms with E-state index in [4.69, 9.17) is 0 Å². The molecule has 6 heteroatoms. The number of aromatic nitrogens is 4. The Bertz CT molecular complexity index is 490. The van der Waals surface area contributed by atoms with Crippen molar-refractivity contribution in [3.63, 3.8) is 0 Å². The van der Waals surface area contributed by atoms with Gasteiger partial charge in [-0.1, -0.05) is 6.92 Å². The lowest BCUT2D eigenvalue weighted by Crippen LogP contribution is -2.24. The lowest BCUT2D eigenvalue weighted by Gasteiger charge is -2.16. The molecule has 2 rings (SSSR count). The molecule has 0 aromatic carbocycles. The third-order valence-corrected chi connectivity index (χ3v) is 3.84. The van der Waals surface area contributed by atoms with Gasteiger partial charge in [0.1, 0.15) is 12.2 Å². The van der Waals surface area contributed by atoms with Crippen LogP contribution in [0.15, 0.2) is 12.5 Å². The summed E-state index contributed by atoms with van der Waals surface area (Å²) in [7, 11) is 1.93. The fourth-order valence-corrected chi connectivity index (χ4v) is 2.68. The van der Waals surface area contributed by atoms with Gasteiger partial charge in [0, 0.05) is 24.5 Å². The predicted molar refractivity (Wildman–Crippen MR) is 72.6 cm³/mol. The van der Waals surface area contributed by atoms with Gasteiger partial charge in [-0.2, -0.15) is 5.10 Å². The minimum atomic E-state index is 0.277. The second-order valence-electron chi connectivity index (χ2n) is 4.29. The third-order valence-electron chi connectivity index (χ3n) is 2.82. The molecule has 0 saturated carbocycles. The highest BCUT2D eigenvalue weighted by Gasteiger charge is 2.16. The van der Waals surface area contributed by atoms with Crippen molar-refractivity contribution >= 4 is 11.3 Å². The first-order valence-electron chi connectivity index (χ1n) is 6.19. The van der Waals surface area contributed by atoms with E-state index in [1.54, 1.807) is 17.7 Å². The van der Waals surface area contributed by atoms with Crippen LogP contribution in [-0.2, 0) is 13.5 Å². The molecule has 0 bridgehead atoms. The van der Waals surface area contributed by atoms with Crippen LogP contribution in [0.5, 0.6) is 0 Å². The summed E-state index contributed by atoms with van der Waals surface area (Å²) < 4.78 is 1.83. The van der Waals surface area contributed by atoms with Crippen LogP contribution >= 0.6 is 11.3 Å². The lowest BCUT2D eigenvalue weighted by molar-refractivity contribution is 0.512. The summed E-state index contributed by atoms with van der Waals surface area (Å²) in [6.45, 7) is 5.21. The van der Waals surface area contributed by atoms with Gasteiger partial charge in [0.25, 0.3) is 0 Å². The first-order chi connectivity index (χ1) is 8.70. The van der Waals surface area contributed by atoms with Crippen LogP contribution in [0.2, 0.25) is 0 Å². The zero-order valence-corrected chi connectivity index (χ0v) is 11.9. The summed E-state index contributed by atoms with van der Waals surface area (Å²) >= 11 is 1.74. The molecule has 2 aromatic rings. The summed E-state index contributed by atoms with van der Waals surface area (Å²) in [4.78, 5) is 9.89. The van der Waals surface area contributed by atoms with Crippen molar-refractivity contribution in [2.75, 3.05) is 6.54 Å². The van der Waals surface area contributed by atoms with Crippen molar-refractivity contribution < 1.29 is 0 Å². The standard InChI is InChI=1S/C12H19N5S/c1-4-5-13-10(11-7-14-9(2)18-11)6-12-15-8-16-17(12)3/h7-8,10,13H,4-6H2,1-3H3. The van der Waals surface area contributed by atoms with Crippen LogP contribution in [-0.4, -0.2) is 26.3 Å². The molecule has 5 nitrogen and oxygen atoms in total. The van der Waals surface area contributed by atoms with Gasteiger partial charge in [-0.3, -0.25) is 4.68 Å². The summed E-state index contributed by atoms with van der Waals surface area (Å²) in [5.74, 6) is 0.995. The van der Waals surface area contributed by atoms with Gasteiger partial charge in [0.05, 0.1) is 11.0 Å². The minimum absolute atomic E-state index is 0.277. The summed E-state index contributed by atoms with van der Waals surface area (Å²) in [6.07, 6.45) is 5.53. The van der Waals surface area contributed by atoms with Gasteiger partial charge in [0.2, 0.25) is 0 Å². The maximum absolute atomic E-state index is 4.33. The van der Waals surface area contributed by atoms with Crippen LogP contribution < -0.4 is 5.32 Å². The summed E-state index contributed by atoms with van der Waals surface area (Å²) in [5.41, 5.74) is 0. The average molecular weight is 265 g/mol. The quantitative estimate of drug-likeness (QED) is 0.866. The van der Waals surface area contributed by atoms with Crippen molar-refractivity contribution in [1.82, 2.24) is 25.1 Å². The van der Waals surface area contributed by atoms with E-state index >= 15 is 0 Å². The van der Waals surface area contributed by atoms with E-state index in [0.29, 0.717) is 0 Å². The fourth-order valence-electron chi connectivity index (χ4n) is 1.82. The molecule has 0 fully saturated rings. The highest BCUT2D eigenvalue weighted by molar-refractivity contribution is 7.11. The molecular formula is C12H19N5S. The molecule has 1 N–H and O–H groups in total. The van der Waals surface area contributed by atoms with Crippen LogP contribution in [0.1, 0.15) is 35.1 Å². The molecule has 0 saturated heterocycles. The molecule has 0 aliphatic carbocycles. The number of aryl methyl sites for hydroxylation is 2. The number of rotatable bonds is 6. The molecular weight excluding hydrogens is 246 g/mol. The molecule has 0 radical (unpaired) electrons. The largest absolute Gasteiger partial charge is 0.309 e. The lowest BCUT2D eigenvalue weighted by atomic mass is 10.1.